The third kappa shape index (κ3) is 4.50. The van der Waals surface area contributed by atoms with E-state index in [0.717, 1.165) is 18.5 Å². The average Bonchev–Trinajstić information content (AvgIpc) is 3.13. The number of nitrogens with one attached hydrogen (secondary N) is 1. The molecule has 0 saturated carbocycles. The lowest BCUT2D eigenvalue weighted by atomic mass is 10.1. The maximum atomic E-state index is 12.4. The predicted molar refractivity (Wildman–Crippen MR) is 116 cm³/mol. The third-order valence-corrected chi connectivity index (χ3v) is 5.57. The topological polar surface area (TPSA) is 114 Å². The molecule has 0 aromatic heterocycles. The molecule has 1 fully saturated rings. The van der Waals surface area contributed by atoms with Crippen molar-refractivity contribution >= 4 is 62.7 Å². The van der Waals surface area contributed by atoms with Crippen LogP contribution >= 0.6 is 45.2 Å². The van der Waals surface area contributed by atoms with Crippen molar-refractivity contribution in [2.24, 2.45) is 0 Å². The summed E-state index contributed by atoms with van der Waals surface area (Å²) in [5.41, 5.74) is 0.699. The molecule has 8 nitrogen and oxygen atoms in total. The molecule has 2 atom stereocenters. The van der Waals surface area contributed by atoms with Crippen molar-refractivity contribution in [2.45, 2.75) is 12.4 Å². The number of halogens is 2. The van der Waals surface area contributed by atoms with Crippen LogP contribution in [0, 0.1) is 7.14 Å². The van der Waals surface area contributed by atoms with Gasteiger partial charge in [0.2, 0.25) is 0 Å². The zero-order chi connectivity index (χ0) is 20.4. The van der Waals surface area contributed by atoms with E-state index < -0.39 is 24.3 Å². The average molecular weight is 611 g/mol. The number of carbonyl (C=O) groups excluding carboxylic acids is 1. The van der Waals surface area contributed by atoms with E-state index >= 15 is 0 Å². The number of hydrogen-bond acceptors (Lipinski definition) is 6. The molecule has 1 saturated heterocycles. The molecule has 0 radical (unpaired) electrons. The van der Waals surface area contributed by atoms with E-state index in [1.807, 2.05) is 12.1 Å². The quantitative estimate of drug-likeness (QED) is 0.351. The molecule has 0 spiro atoms. The van der Waals surface area contributed by atoms with Crippen LogP contribution in [0.25, 0.3) is 0 Å². The number of carboxylic acids is 1. The highest BCUT2D eigenvalue weighted by molar-refractivity contribution is 14.1. The summed E-state index contributed by atoms with van der Waals surface area (Å²) in [5, 5.41) is 21.2. The maximum absolute atomic E-state index is 12.4. The smallest absolute Gasteiger partial charge is 0.339 e. The van der Waals surface area contributed by atoms with Crippen LogP contribution < -0.4 is 10.1 Å². The minimum atomic E-state index is -1.29. The number of amides is 1. The van der Waals surface area contributed by atoms with Crippen molar-refractivity contribution < 1.29 is 34.0 Å². The number of methoxy groups -OCH3 is 1. The van der Waals surface area contributed by atoms with Crippen LogP contribution in [0.2, 0.25) is 0 Å². The first kappa shape index (κ1) is 21.1. The molecule has 28 heavy (non-hydrogen) atoms. The third-order valence-electron chi connectivity index (χ3n) is 3.97. The molecule has 0 bridgehead atoms. The molecule has 1 amide bonds. The van der Waals surface area contributed by atoms with Gasteiger partial charge in [-0.05, 0) is 75.5 Å². The number of carboxylic acid groups (broad SMARTS) is 1. The van der Waals surface area contributed by atoms with Crippen LogP contribution in [0.3, 0.4) is 0 Å². The van der Waals surface area contributed by atoms with Crippen LogP contribution in [0.4, 0.5) is 5.69 Å². The number of benzene rings is 2. The van der Waals surface area contributed by atoms with Crippen LogP contribution in [0.15, 0.2) is 30.3 Å². The molecule has 3 rings (SSSR count). The Labute approximate surface area is 187 Å². The molecule has 10 heteroatoms. The molecule has 2 unspecified atom stereocenters. The summed E-state index contributed by atoms with van der Waals surface area (Å²) in [6.07, 6.45) is -1.55. The molecule has 1 aliphatic heterocycles. The monoisotopic (exact) mass is 611 g/mol. The summed E-state index contributed by atoms with van der Waals surface area (Å²) in [4.78, 5) is 23.5. The number of ether oxygens (including phenoxy) is 3. The van der Waals surface area contributed by atoms with E-state index in [1.165, 1.54) is 18.2 Å². The maximum Gasteiger partial charge on any atom is 0.339 e. The number of aromatic carboxylic acids is 1. The summed E-state index contributed by atoms with van der Waals surface area (Å²) >= 11 is 4.31. The largest absolute Gasteiger partial charge is 0.507 e. The number of rotatable bonds is 5. The molecule has 0 aliphatic carbocycles. The van der Waals surface area contributed by atoms with Gasteiger partial charge in [-0.1, -0.05) is 0 Å². The molecule has 1 heterocycles. The molecule has 2 aromatic rings. The van der Waals surface area contributed by atoms with Crippen LogP contribution in [-0.2, 0) is 14.3 Å². The molecule has 3 N–H and O–H groups in total. The second kappa shape index (κ2) is 8.80. The minimum Gasteiger partial charge on any atom is -0.507 e. The first-order chi connectivity index (χ1) is 13.3. The van der Waals surface area contributed by atoms with Crippen molar-refractivity contribution in [3.63, 3.8) is 0 Å². The van der Waals surface area contributed by atoms with Crippen molar-refractivity contribution in [2.75, 3.05) is 19.0 Å². The van der Waals surface area contributed by atoms with E-state index in [-0.39, 0.29) is 23.6 Å². The second-order valence-electron chi connectivity index (χ2n) is 5.83. The lowest BCUT2D eigenvalue weighted by Gasteiger charge is -2.15. The molecule has 1 aliphatic rings. The number of hydrogen-bond donors (Lipinski definition) is 3. The fourth-order valence-electron chi connectivity index (χ4n) is 2.63. The lowest BCUT2D eigenvalue weighted by molar-refractivity contribution is -0.128. The molecule has 2 aromatic carbocycles. The Morgan fingerprint density at radius 2 is 1.89 bits per heavy atom. The zero-order valence-corrected chi connectivity index (χ0v) is 18.8. The Morgan fingerprint density at radius 3 is 2.50 bits per heavy atom. The van der Waals surface area contributed by atoms with Gasteiger partial charge >= 0.3 is 5.97 Å². The highest BCUT2D eigenvalue weighted by Crippen LogP contribution is 2.34. The zero-order valence-electron chi connectivity index (χ0n) is 14.4. The van der Waals surface area contributed by atoms with Gasteiger partial charge in [-0.3, -0.25) is 4.79 Å². The number of carbonyl (C=O) groups is 2. The summed E-state index contributed by atoms with van der Waals surface area (Å²) in [6.45, 7) is 0.0551. The van der Waals surface area contributed by atoms with Gasteiger partial charge in [0.1, 0.15) is 17.1 Å². The van der Waals surface area contributed by atoms with Gasteiger partial charge in [0.05, 0.1) is 20.9 Å². The van der Waals surface area contributed by atoms with Gasteiger partial charge in [0.25, 0.3) is 5.91 Å². The Bertz CT molecular complexity index is 911. The first-order valence-electron chi connectivity index (χ1n) is 7.97. The highest BCUT2D eigenvalue weighted by atomic mass is 127. The van der Waals surface area contributed by atoms with Gasteiger partial charge in [-0.15, -0.1) is 0 Å². The van der Waals surface area contributed by atoms with Crippen molar-refractivity contribution in [1.29, 1.82) is 0 Å². The summed E-state index contributed by atoms with van der Waals surface area (Å²) in [6, 6.07) is 7.52. The number of aromatic hydroxyl groups is 1. The number of anilines is 1. The summed E-state index contributed by atoms with van der Waals surface area (Å²) < 4.78 is 18.5. The molecule has 148 valence electrons. The summed E-state index contributed by atoms with van der Waals surface area (Å²) in [5.74, 6) is -1.38. The Hall–Kier alpha value is -1.64. The predicted octanol–water partition coefficient (Wildman–Crippen LogP) is 3.36. The van der Waals surface area contributed by atoms with Gasteiger partial charge in [-0.2, -0.15) is 0 Å². The number of phenols is 1. The molecular weight excluding hydrogens is 596 g/mol. The highest BCUT2D eigenvalue weighted by Gasteiger charge is 2.33. The normalized spacial score (nSPS) is 18.7. The van der Waals surface area contributed by atoms with Crippen molar-refractivity contribution in [3.8, 4) is 11.5 Å². The van der Waals surface area contributed by atoms with Crippen LogP contribution in [0.5, 0.6) is 11.5 Å². The summed E-state index contributed by atoms with van der Waals surface area (Å²) in [7, 11) is 1.60. The van der Waals surface area contributed by atoms with Crippen LogP contribution in [-0.4, -0.2) is 41.9 Å². The second-order valence-corrected chi connectivity index (χ2v) is 8.16. The van der Waals surface area contributed by atoms with Gasteiger partial charge < -0.3 is 29.7 Å². The van der Waals surface area contributed by atoms with Crippen molar-refractivity contribution in [3.05, 3.63) is 48.6 Å². The fraction of sp³-hybridized carbons (Fsp3) is 0.222. The first-order valence-corrected chi connectivity index (χ1v) is 10.1. The van der Waals surface area contributed by atoms with E-state index in [0.29, 0.717) is 0 Å². The molecular formula is C18H15I2NO7. The van der Waals surface area contributed by atoms with E-state index in [9.17, 15) is 14.7 Å². The van der Waals surface area contributed by atoms with Gasteiger partial charge in [0.15, 0.2) is 12.4 Å². The Morgan fingerprint density at radius 1 is 1.21 bits per heavy atom. The van der Waals surface area contributed by atoms with E-state index in [2.05, 4.69) is 50.5 Å². The Balaban J connectivity index is 1.69. The SMILES string of the molecule is COc1c(I)cc(C2OCC(C(=O)Nc3ccc(O)c(C(=O)O)c3)O2)cc1I. The van der Waals surface area contributed by atoms with E-state index in [1.54, 1.807) is 7.11 Å². The fourth-order valence-corrected chi connectivity index (χ4v) is 4.89. The van der Waals surface area contributed by atoms with Gasteiger partial charge in [0, 0.05) is 11.3 Å². The minimum absolute atomic E-state index is 0.0551. The van der Waals surface area contributed by atoms with Crippen LogP contribution in [0.1, 0.15) is 22.2 Å². The Kier molecular flexibility index (Phi) is 6.62. The lowest BCUT2D eigenvalue weighted by Crippen LogP contribution is -2.29. The van der Waals surface area contributed by atoms with Gasteiger partial charge in [-0.25, -0.2) is 4.79 Å². The van der Waals surface area contributed by atoms with Crippen molar-refractivity contribution in [1.82, 2.24) is 0 Å². The van der Waals surface area contributed by atoms with E-state index in [4.69, 9.17) is 19.3 Å². The standard InChI is InChI=1S/C18H15I2NO7/c1-26-15-11(19)4-8(5-12(15)20)18-27-7-14(28-18)16(23)21-9-2-3-13(22)10(6-9)17(24)25/h2-6,14,18,22H,7H2,1H3,(H,21,23)(H,24,25).